The molecule has 0 aromatic heterocycles. The first-order valence-corrected chi connectivity index (χ1v) is 5.46. The van der Waals surface area contributed by atoms with Crippen LogP contribution in [0.15, 0.2) is 18.2 Å². The Balaban J connectivity index is 3.19. The van der Waals surface area contributed by atoms with Crippen molar-refractivity contribution in [3.05, 3.63) is 34.9 Å². The molecule has 0 N–H and O–H groups in total. The minimum absolute atomic E-state index is 0.401. The first kappa shape index (κ1) is 10.9. The van der Waals surface area contributed by atoms with Gasteiger partial charge in [0.2, 0.25) is 0 Å². The molecule has 0 heterocycles. The second-order valence-electron chi connectivity index (χ2n) is 2.99. The van der Waals surface area contributed by atoms with E-state index in [-0.39, 0.29) is 0 Å². The molecule has 2 heteroatoms. The summed E-state index contributed by atoms with van der Waals surface area (Å²) in [7, 11) is 0. The molecule has 72 valence electrons. The Morgan fingerprint density at radius 3 is 2.31 bits per heavy atom. The fourth-order valence-electron chi connectivity index (χ4n) is 1.62. The van der Waals surface area contributed by atoms with Gasteiger partial charge in [0.05, 0.1) is 0 Å². The molecule has 0 saturated heterocycles. The van der Waals surface area contributed by atoms with E-state index in [1.54, 1.807) is 0 Å². The van der Waals surface area contributed by atoms with E-state index in [0.29, 0.717) is 0 Å². The average Bonchev–Trinajstić information content (AvgIpc) is 2.16. The van der Waals surface area contributed by atoms with Crippen LogP contribution >= 0.6 is 23.2 Å². The third-order valence-electron chi connectivity index (χ3n) is 2.28. The molecule has 1 aromatic carbocycles. The molecule has 0 nitrogen and oxygen atoms in total. The van der Waals surface area contributed by atoms with Crippen molar-refractivity contribution in [2.45, 2.75) is 31.5 Å². The fourth-order valence-corrected chi connectivity index (χ4v) is 2.03. The quantitative estimate of drug-likeness (QED) is 0.662. The summed E-state index contributed by atoms with van der Waals surface area (Å²) in [6.07, 6.45) is 2.03. The van der Waals surface area contributed by atoms with Crippen molar-refractivity contribution < 1.29 is 0 Å². The molecule has 0 radical (unpaired) electrons. The summed E-state index contributed by atoms with van der Waals surface area (Å²) >= 11 is 11.8. The molecule has 0 atom stereocenters. The van der Waals surface area contributed by atoms with Crippen LogP contribution in [0.1, 0.15) is 35.4 Å². The smallest absolute Gasteiger partial charge is 0.100 e. The highest BCUT2D eigenvalue weighted by molar-refractivity contribution is 6.44. The van der Waals surface area contributed by atoms with Gasteiger partial charge >= 0.3 is 0 Å². The van der Waals surface area contributed by atoms with E-state index in [9.17, 15) is 0 Å². The number of rotatable bonds is 3. The average molecular weight is 217 g/mol. The van der Waals surface area contributed by atoms with Gasteiger partial charge in [-0.25, -0.2) is 0 Å². The lowest BCUT2D eigenvalue weighted by molar-refractivity contribution is 1.01. The Morgan fingerprint density at radius 2 is 1.85 bits per heavy atom. The van der Waals surface area contributed by atoms with Crippen molar-refractivity contribution in [1.82, 2.24) is 0 Å². The molecular weight excluding hydrogens is 203 g/mol. The van der Waals surface area contributed by atoms with E-state index >= 15 is 0 Å². The Bertz CT molecular complexity index is 279. The van der Waals surface area contributed by atoms with E-state index < -0.39 is 4.84 Å². The maximum Gasteiger partial charge on any atom is 0.133 e. The molecule has 0 aliphatic rings. The van der Waals surface area contributed by atoms with Crippen LogP contribution < -0.4 is 0 Å². The first-order valence-electron chi connectivity index (χ1n) is 4.59. The molecule has 0 unspecified atom stereocenters. The number of hydrogen-bond acceptors (Lipinski definition) is 0. The van der Waals surface area contributed by atoms with Crippen LogP contribution in [0.2, 0.25) is 0 Å². The molecule has 1 rings (SSSR count). The molecule has 0 saturated carbocycles. The van der Waals surface area contributed by atoms with E-state index in [4.69, 9.17) is 23.2 Å². The highest BCUT2D eigenvalue weighted by atomic mass is 35.5. The summed E-state index contributed by atoms with van der Waals surface area (Å²) in [4.78, 5) is -0.401. The maximum atomic E-state index is 5.88. The molecule has 0 bridgehead atoms. The van der Waals surface area contributed by atoms with Crippen LogP contribution in [-0.4, -0.2) is 0 Å². The minimum atomic E-state index is -0.401. The standard InChI is InChI=1S/C11H14Cl2/c1-3-8-6-5-7-10(11(12)13)9(8)4-2/h5-7,11H,3-4H2,1-2H3. The Hall–Kier alpha value is -0.200. The van der Waals surface area contributed by atoms with Crippen molar-refractivity contribution in [3.63, 3.8) is 0 Å². The second kappa shape index (κ2) is 4.88. The SMILES string of the molecule is CCc1cccc(C(Cl)Cl)c1CC. The summed E-state index contributed by atoms with van der Waals surface area (Å²) < 4.78 is 0. The molecule has 0 fully saturated rings. The third kappa shape index (κ3) is 2.38. The summed E-state index contributed by atoms with van der Waals surface area (Å²) in [6, 6.07) is 6.16. The second-order valence-corrected chi connectivity index (χ2v) is 4.09. The van der Waals surface area contributed by atoms with Gasteiger partial charge in [0.25, 0.3) is 0 Å². The Labute approximate surface area is 89.9 Å². The van der Waals surface area contributed by atoms with E-state index in [1.807, 2.05) is 12.1 Å². The van der Waals surface area contributed by atoms with Crippen LogP contribution in [0.4, 0.5) is 0 Å². The largest absolute Gasteiger partial charge is 0.133 e. The van der Waals surface area contributed by atoms with Gasteiger partial charge in [-0.15, -0.1) is 23.2 Å². The molecule has 1 aromatic rings. The zero-order valence-corrected chi connectivity index (χ0v) is 9.49. The van der Waals surface area contributed by atoms with Crippen LogP contribution in [0, 0.1) is 0 Å². The predicted molar refractivity (Wildman–Crippen MR) is 59.6 cm³/mol. The minimum Gasteiger partial charge on any atom is -0.100 e. The fraction of sp³-hybridized carbons (Fsp3) is 0.455. The zero-order chi connectivity index (χ0) is 9.84. The summed E-state index contributed by atoms with van der Waals surface area (Å²) in [5.74, 6) is 0. The van der Waals surface area contributed by atoms with Crippen molar-refractivity contribution >= 4 is 23.2 Å². The predicted octanol–water partition coefficient (Wildman–Crippen LogP) is 4.29. The van der Waals surface area contributed by atoms with Gasteiger partial charge < -0.3 is 0 Å². The van der Waals surface area contributed by atoms with E-state index in [1.165, 1.54) is 11.1 Å². The van der Waals surface area contributed by atoms with Crippen molar-refractivity contribution in [1.29, 1.82) is 0 Å². The summed E-state index contributed by atoms with van der Waals surface area (Å²) in [5, 5.41) is 0. The monoisotopic (exact) mass is 216 g/mol. The van der Waals surface area contributed by atoms with E-state index in [0.717, 1.165) is 18.4 Å². The number of alkyl halides is 2. The normalized spacial score (nSPS) is 10.8. The van der Waals surface area contributed by atoms with Crippen LogP contribution in [0.5, 0.6) is 0 Å². The number of halogens is 2. The van der Waals surface area contributed by atoms with Crippen LogP contribution in [-0.2, 0) is 12.8 Å². The third-order valence-corrected chi connectivity index (χ3v) is 2.75. The highest BCUT2D eigenvalue weighted by Crippen LogP contribution is 2.30. The van der Waals surface area contributed by atoms with Gasteiger partial charge in [-0.05, 0) is 29.5 Å². The van der Waals surface area contributed by atoms with Crippen molar-refractivity contribution in [3.8, 4) is 0 Å². The number of aryl methyl sites for hydroxylation is 1. The topological polar surface area (TPSA) is 0 Å². The summed E-state index contributed by atoms with van der Waals surface area (Å²) in [5.41, 5.74) is 3.72. The van der Waals surface area contributed by atoms with Gasteiger partial charge in [0, 0.05) is 0 Å². The Kier molecular flexibility index (Phi) is 4.08. The van der Waals surface area contributed by atoms with Crippen LogP contribution in [0.25, 0.3) is 0 Å². The number of benzene rings is 1. The van der Waals surface area contributed by atoms with Gasteiger partial charge in [-0.3, -0.25) is 0 Å². The van der Waals surface area contributed by atoms with Gasteiger partial charge in [0.15, 0.2) is 0 Å². The maximum absolute atomic E-state index is 5.88. The van der Waals surface area contributed by atoms with Crippen LogP contribution in [0.3, 0.4) is 0 Å². The molecular formula is C11H14Cl2. The van der Waals surface area contributed by atoms with E-state index in [2.05, 4.69) is 19.9 Å². The lowest BCUT2D eigenvalue weighted by Crippen LogP contribution is -1.97. The molecule has 0 aliphatic heterocycles. The molecule has 0 aliphatic carbocycles. The first-order chi connectivity index (χ1) is 6.20. The van der Waals surface area contributed by atoms with Gasteiger partial charge in [-0.1, -0.05) is 32.0 Å². The summed E-state index contributed by atoms with van der Waals surface area (Å²) in [6.45, 7) is 4.28. The van der Waals surface area contributed by atoms with Gasteiger partial charge in [0.1, 0.15) is 4.84 Å². The molecule has 13 heavy (non-hydrogen) atoms. The van der Waals surface area contributed by atoms with Gasteiger partial charge in [-0.2, -0.15) is 0 Å². The number of hydrogen-bond donors (Lipinski definition) is 0. The zero-order valence-electron chi connectivity index (χ0n) is 7.98. The highest BCUT2D eigenvalue weighted by Gasteiger charge is 2.10. The lowest BCUT2D eigenvalue weighted by atomic mass is 9.98. The molecule has 0 amide bonds. The van der Waals surface area contributed by atoms with Crippen molar-refractivity contribution in [2.75, 3.05) is 0 Å². The Morgan fingerprint density at radius 1 is 1.15 bits per heavy atom. The lowest BCUT2D eigenvalue weighted by Gasteiger charge is -2.12. The molecule has 0 spiro atoms. The van der Waals surface area contributed by atoms with Crippen molar-refractivity contribution in [2.24, 2.45) is 0 Å².